The van der Waals surface area contributed by atoms with E-state index in [4.69, 9.17) is 4.74 Å². The predicted octanol–water partition coefficient (Wildman–Crippen LogP) is 6.56. The van der Waals surface area contributed by atoms with Gasteiger partial charge in [0, 0.05) is 36.6 Å². The van der Waals surface area contributed by atoms with E-state index in [9.17, 15) is 4.79 Å². The van der Waals surface area contributed by atoms with Gasteiger partial charge in [0.05, 0.1) is 11.4 Å². The minimum absolute atomic E-state index is 0.0135. The molecule has 0 spiro atoms. The Kier molecular flexibility index (Phi) is 4.68. The van der Waals surface area contributed by atoms with Crippen molar-refractivity contribution in [2.24, 2.45) is 0 Å². The molecule has 0 saturated carbocycles. The number of anilines is 4. The summed E-state index contributed by atoms with van der Waals surface area (Å²) in [5.74, 6) is 1.63. The van der Waals surface area contributed by atoms with Gasteiger partial charge in [0.2, 0.25) is 0 Å². The lowest BCUT2D eigenvalue weighted by molar-refractivity contribution is 0.103. The van der Waals surface area contributed by atoms with E-state index in [0.717, 1.165) is 34.2 Å². The highest BCUT2D eigenvalue weighted by Gasteiger charge is 2.25. The van der Waals surface area contributed by atoms with Crippen LogP contribution in [-0.4, -0.2) is 19.9 Å². The minimum atomic E-state index is 0.0135. The van der Waals surface area contributed by atoms with Crippen molar-refractivity contribution < 1.29 is 9.53 Å². The van der Waals surface area contributed by atoms with Crippen LogP contribution in [0.4, 0.5) is 22.7 Å². The SMILES string of the molecule is CN(C)c1ccc(C(=O)c2ccc(N3c4ccccc4Oc4ccccc43)cc2)cc1. The Morgan fingerprint density at radius 1 is 0.677 bits per heavy atom. The molecule has 0 unspecified atom stereocenters. The van der Waals surface area contributed by atoms with Gasteiger partial charge in [-0.05, 0) is 72.8 Å². The molecule has 0 atom stereocenters. The second-order valence-electron chi connectivity index (χ2n) is 7.69. The maximum absolute atomic E-state index is 13.0. The number of rotatable bonds is 4. The first-order chi connectivity index (χ1) is 15.1. The van der Waals surface area contributed by atoms with E-state index >= 15 is 0 Å². The zero-order valence-corrected chi connectivity index (χ0v) is 17.4. The number of fused-ring (bicyclic) bond motifs is 2. The van der Waals surface area contributed by atoms with Crippen LogP contribution in [0.15, 0.2) is 97.1 Å². The maximum Gasteiger partial charge on any atom is 0.193 e. The number of nitrogens with zero attached hydrogens (tertiary/aromatic N) is 2. The molecule has 0 aromatic heterocycles. The molecule has 31 heavy (non-hydrogen) atoms. The van der Waals surface area contributed by atoms with Crippen LogP contribution in [0.2, 0.25) is 0 Å². The van der Waals surface area contributed by atoms with Gasteiger partial charge in [0.25, 0.3) is 0 Å². The van der Waals surface area contributed by atoms with Crippen LogP contribution < -0.4 is 14.5 Å². The average Bonchev–Trinajstić information content (AvgIpc) is 2.82. The Bertz CT molecular complexity index is 1200. The first-order valence-corrected chi connectivity index (χ1v) is 10.2. The Morgan fingerprint density at radius 2 is 1.16 bits per heavy atom. The molecule has 5 rings (SSSR count). The molecule has 4 nitrogen and oxygen atoms in total. The lowest BCUT2D eigenvalue weighted by Gasteiger charge is -2.32. The molecular formula is C27H22N2O2. The third-order valence-corrected chi connectivity index (χ3v) is 5.47. The van der Waals surface area contributed by atoms with Gasteiger partial charge in [0.15, 0.2) is 17.3 Å². The summed E-state index contributed by atoms with van der Waals surface area (Å²) in [5, 5.41) is 0. The molecule has 4 aromatic carbocycles. The van der Waals surface area contributed by atoms with Gasteiger partial charge in [-0.3, -0.25) is 4.79 Å². The highest BCUT2D eigenvalue weighted by molar-refractivity contribution is 6.09. The van der Waals surface area contributed by atoms with Crippen molar-refractivity contribution in [3.8, 4) is 11.5 Å². The van der Waals surface area contributed by atoms with E-state index in [2.05, 4.69) is 4.90 Å². The van der Waals surface area contributed by atoms with Crippen LogP contribution in [0.3, 0.4) is 0 Å². The average molecular weight is 406 g/mol. The van der Waals surface area contributed by atoms with E-state index in [1.807, 2.05) is 116 Å². The molecular weight excluding hydrogens is 384 g/mol. The summed E-state index contributed by atoms with van der Waals surface area (Å²) in [7, 11) is 3.97. The zero-order valence-electron chi connectivity index (χ0n) is 17.4. The molecule has 0 fully saturated rings. The van der Waals surface area contributed by atoms with E-state index < -0.39 is 0 Å². The van der Waals surface area contributed by atoms with E-state index in [1.165, 1.54) is 0 Å². The highest BCUT2D eigenvalue weighted by Crippen LogP contribution is 2.49. The van der Waals surface area contributed by atoms with Gasteiger partial charge < -0.3 is 14.5 Å². The topological polar surface area (TPSA) is 32.8 Å². The number of carbonyl (C=O) groups is 1. The molecule has 1 heterocycles. The molecule has 0 saturated heterocycles. The number of hydrogen-bond donors (Lipinski definition) is 0. The summed E-state index contributed by atoms with van der Waals surface area (Å²) in [4.78, 5) is 17.1. The second-order valence-corrected chi connectivity index (χ2v) is 7.69. The molecule has 1 aliphatic rings. The van der Waals surface area contributed by atoms with Crippen molar-refractivity contribution in [1.29, 1.82) is 0 Å². The molecule has 1 aliphatic heterocycles. The summed E-state index contributed by atoms with van der Waals surface area (Å²) in [6, 6.07) is 31.4. The summed E-state index contributed by atoms with van der Waals surface area (Å²) >= 11 is 0. The number of para-hydroxylation sites is 4. The van der Waals surface area contributed by atoms with E-state index in [0.29, 0.717) is 11.1 Å². The quantitative estimate of drug-likeness (QED) is 0.317. The number of benzene rings is 4. The lowest BCUT2D eigenvalue weighted by Crippen LogP contribution is -2.15. The first kappa shape index (κ1) is 18.9. The summed E-state index contributed by atoms with van der Waals surface area (Å²) in [6.07, 6.45) is 0. The fraction of sp³-hybridized carbons (Fsp3) is 0.0741. The van der Waals surface area contributed by atoms with Crippen LogP contribution in [-0.2, 0) is 0 Å². The maximum atomic E-state index is 13.0. The monoisotopic (exact) mass is 406 g/mol. The standard InChI is InChI=1S/C27H22N2O2/c1-28(2)21-15-11-19(12-16-21)27(30)20-13-17-22(18-14-20)29-23-7-3-5-9-25(23)31-26-10-6-4-8-24(26)29/h3-18H,1-2H3. The Balaban J connectivity index is 1.49. The van der Waals surface area contributed by atoms with Crippen molar-refractivity contribution in [2.75, 3.05) is 23.9 Å². The molecule has 0 aliphatic carbocycles. The Morgan fingerprint density at radius 3 is 1.68 bits per heavy atom. The number of ether oxygens (including phenoxy) is 1. The predicted molar refractivity (Wildman–Crippen MR) is 125 cm³/mol. The van der Waals surface area contributed by atoms with Gasteiger partial charge in [-0.25, -0.2) is 0 Å². The fourth-order valence-corrected chi connectivity index (χ4v) is 3.82. The third kappa shape index (κ3) is 3.42. The fourth-order valence-electron chi connectivity index (χ4n) is 3.82. The van der Waals surface area contributed by atoms with E-state index in [1.54, 1.807) is 0 Å². The number of hydrogen-bond acceptors (Lipinski definition) is 4. The normalized spacial score (nSPS) is 11.9. The smallest absolute Gasteiger partial charge is 0.193 e. The van der Waals surface area contributed by atoms with Crippen LogP contribution in [0.5, 0.6) is 11.5 Å². The van der Waals surface area contributed by atoms with Crippen molar-refractivity contribution in [3.63, 3.8) is 0 Å². The molecule has 4 aromatic rings. The first-order valence-electron chi connectivity index (χ1n) is 10.2. The zero-order chi connectivity index (χ0) is 21.4. The number of ketones is 1. The lowest BCUT2D eigenvalue weighted by atomic mass is 10.0. The number of carbonyl (C=O) groups excluding carboxylic acids is 1. The summed E-state index contributed by atoms with van der Waals surface area (Å²) in [6.45, 7) is 0. The molecule has 0 radical (unpaired) electrons. The van der Waals surface area contributed by atoms with Crippen molar-refractivity contribution in [2.45, 2.75) is 0 Å². The van der Waals surface area contributed by atoms with Gasteiger partial charge in [0.1, 0.15) is 0 Å². The second kappa shape index (κ2) is 7.65. The summed E-state index contributed by atoms with van der Waals surface area (Å²) in [5.41, 5.74) is 5.33. The van der Waals surface area contributed by atoms with Crippen molar-refractivity contribution in [3.05, 3.63) is 108 Å². The van der Waals surface area contributed by atoms with Gasteiger partial charge >= 0.3 is 0 Å². The van der Waals surface area contributed by atoms with Gasteiger partial charge in [-0.15, -0.1) is 0 Å². The van der Waals surface area contributed by atoms with Gasteiger partial charge in [-0.2, -0.15) is 0 Å². The third-order valence-electron chi connectivity index (χ3n) is 5.47. The van der Waals surface area contributed by atoms with Crippen LogP contribution in [0.1, 0.15) is 15.9 Å². The molecule has 4 heteroatoms. The van der Waals surface area contributed by atoms with Crippen LogP contribution >= 0.6 is 0 Å². The van der Waals surface area contributed by atoms with Gasteiger partial charge in [-0.1, -0.05) is 24.3 Å². The largest absolute Gasteiger partial charge is 0.453 e. The molecule has 152 valence electrons. The Labute approximate surface area is 181 Å². The molecule has 0 amide bonds. The van der Waals surface area contributed by atoms with Crippen molar-refractivity contribution >= 4 is 28.5 Å². The van der Waals surface area contributed by atoms with Crippen LogP contribution in [0, 0.1) is 0 Å². The van der Waals surface area contributed by atoms with Crippen LogP contribution in [0.25, 0.3) is 0 Å². The Hall–Kier alpha value is -4.05. The molecule has 0 N–H and O–H groups in total. The van der Waals surface area contributed by atoms with E-state index in [-0.39, 0.29) is 5.78 Å². The summed E-state index contributed by atoms with van der Waals surface area (Å²) < 4.78 is 6.08. The highest BCUT2D eigenvalue weighted by atomic mass is 16.5. The van der Waals surface area contributed by atoms with Crippen molar-refractivity contribution in [1.82, 2.24) is 0 Å². The minimum Gasteiger partial charge on any atom is -0.453 e. The molecule has 0 bridgehead atoms.